The van der Waals surface area contributed by atoms with Crippen molar-refractivity contribution in [3.63, 3.8) is 0 Å². The highest BCUT2D eigenvalue weighted by Crippen LogP contribution is 2.40. The van der Waals surface area contributed by atoms with Gasteiger partial charge in [0.1, 0.15) is 0 Å². The number of imide groups is 1. The maximum absolute atomic E-state index is 12.6. The molecule has 0 aliphatic carbocycles. The Morgan fingerprint density at radius 3 is 2.30 bits per heavy atom. The van der Waals surface area contributed by atoms with Crippen molar-refractivity contribution in [2.24, 2.45) is 0 Å². The number of carbonyl (C=O) groups is 2. The van der Waals surface area contributed by atoms with Crippen LogP contribution < -0.4 is 0 Å². The first-order chi connectivity index (χ1) is 10.6. The summed E-state index contributed by atoms with van der Waals surface area (Å²) in [5.41, 5.74) is 0.421. The van der Waals surface area contributed by atoms with Gasteiger partial charge in [0.15, 0.2) is 6.10 Å². The Morgan fingerprint density at radius 1 is 1.26 bits per heavy atom. The van der Waals surface area contributed by atoms with Gasteiger partial charge in [0, 0.05) is 6.42 Å². The van der Waals surface area contributed by atoms with E-state index in [1.807, 2.05) is 6.92 Å². The molecule has 0 bridgehead atoms. The van der Waals surface area contributed by atoms with Crippen molar-refractivity contribution < 1.29 is 27.9 Å². The molecule has 1 aromatic carbocycles. The molecule has 2 amide bonds. The number of hydrogen-bond acceptors (Lipinski definition) is 3. The monoisotopic (exact) mass is 329 g/mol. The normalized spacial score (nSPS) is 23.5. The zero-order chi connectivity index (χ0) is 17.4. The molecule has 2 atom stereocenters. The fourth-order valence-corrected chi connectivity index (χ4v) is 2.84. The zero-order valence-electron chi connectivity index (χ0n) is 12.9. The second-order valence-corrected chi connectivity index (χ2v) is 5.85. The summed E-state index contributed by atoms with van der Waals surface area (Å²) >= 11 is 0. The van der Waals surface area contributed by atoms with Gasteiger partial charge in [-0.15, -0.1) is 0 Å². The third-order valence-electron chi connectivity index (χ3n) is 4.35. The van der Waals surface area contributed by atoms with E-state index in [4.69, 9.17) is 5.11 Å². The molecule has 1 fully saturated rings. The second-order valence-electron chi connectivity index (χ2n) is 5.85. The Morgan fingerprint density at radius 2 is 1.83 bits per heavy atom. The number of carbonyl (C=O) groups excluding carboxylic acids is 2. The minimum Gasteiger partial charge on any atom is -0.382 e. The maximum atomic E-state index is 12.6. The lowest BCUT2D eigenvalue weighted by atomic mass is 9.76. The molecule has 2 rings (SSSR count). The van der Waals surface area contributed by atoms with Gasteiger partial charge in [-0.2, -0.15) is 13.2 Å². The van der Waals surface area contributed by atoms with Crippen LogP contribution in [0.2, 0.25) is 0 Å². The minimum atomic E-state index is -4.87. The van der Waals surface area contributed by atoms with Gasteiger partial charge in [0.05, 0.1) is 12.0 Å². The Hall–Kier alpha value is -1.89. The van der Waals surface area contributed by atoms with Gasteiger partial charge in [0.25, 0.3) is 0 Å². The summed E-state index contributed by atoms with van der Waals surface area (Å²) in [5.74, 6) is -1.38. The summed E-state index contributed by atoms with van der Waals surface area (Å²) in [6.07, 6.45) is -7.50. The summed E-state index contributed by atoms with van der Waals surface area (Å²) in [4.78, 5) is 25.3. The molecule has 7 heteroatoms. The van der Waals surface area contributed by atoms with E-state index < -0.39 is 36.1 Å². The minimum absolute atomic E-state index is 0.185. The van der Waals surface area contributed by atoms with Crippen LogP contribution in [0.5, 0.6) is 0 Å². The number of hydrogen-bond donors (Lipinski definition) is 1. The molecule has 126 valence electrons. The highest BCUT2D eigenvalue weighted by Gasteiger charge is 2.53. The highest BCUT2D eigenvalue weighted by atomic mass is 19.4. The highest BCUT2D eigenvalue weighted by molar-refractivity contribution is 6.09. The van der Waals surface area contributed by atoms with Crippen molar-refractivity contribution in [3.05, 3.63) is 35.4 Å². The predicted molar refractivity (Wildman–Crippen MR) is 76.5 cm³/mol. The number of nitrogens with zero attached hydrogens (tertiary/aromatic N) is 1. The maximum Gasteiger partial charge on any atom is 0.416 e. The first kappa shape index (κ1) is 17.5. The molecule has 1 heterocycles. The number of β-amino-alcohol motifs (C(OH)–C–C–N with tert-alkyl or cyclic N) is 1. The van der Waals surface area contributed by atoms with Gasteiger partial charge in [-0.3, -0.25) is 14.5 Å². The quantitative estimate of drug-likeness (QED) is 0.863. The van der Waals surface area contributed by atoms with Gasteiger partial charge in [-0.1, -0.05) is 36.8 Å². The summed E-state index contributed by atoms with van der Waals surface area (Å²) in [6, 6.07) is 7.01. The molecule has 23 heavy (non-hydrogen) atoms. The van der Waals surface area contributed by atoms with E-state index in [2.05, 4.69) is 0 Å². The molecular weight excluding hydrogens is 311 g/mol. The molecule has 0 saturated carbocycles. The number of aryl methyl sites for hydroxylation is 1. The van der Waals surface area contributed by atoms with E-state index in [1.165, 1.54) is 0 Å². The van der Waals surface area contributed by atoms with Crippen LogP contribution in [0.25, 0.3) is 0 Å². The Balaban J connectivity index is 2.33. The number of rotatable bonds is 4. The Bertz CT molecular complexity index is 612. The first-order valence-electron chi connectivity index (χ1n) is 7.28. The number of likely N-dealkylation sites (tertiary alicyclic amines) is 1. The van der Waals surface area contributed by atoms with Crippen LogP contribution in [0.3, 0.4) is 0 Å². The van der Waals surface area contributed by atoms with E-state index >= 15 is 0 Å². The van der Waals surface area contributed by atoms with Crippen LogP contribution in [-0.2, 0) is 15.0 Å². The summed E-state index contributed by atoms with van der Waals surface area (Å²) in [6.45, 7) is 2.53. The largest absolute Gasteiger partial charge is 0.416 e. The number of benzene rings is 1. The molecule has 1 aliphatic rings. The van der Waals surface area contributed by atoms with Crippen LogP contribution in [0.4, 0.5) is 13.2 Å². The topological polar surface area (TPSA) is 57.6 Å². The lowest BCUT2D eigenvalue weighted by molar-refractivity contribution is -0.207. The number of halogens is 3. The summed E-state index contributed by atoms with van der Waals surface area (Å²) in [7, 11) is 0. The number of alkyl halides is 3. The van der Waals surface area contributed by atoms with E-state index in [-0.39, 0.29) is 6.42 Å². The average Bonchev–Trinajstić information content (AvgIpc) is 2.72. The number of amides is 2. The van der Waals surface area contributed by atoms with Crippen LogP contribution in [0.15, 0.2) is 24.3 Å². The molecule has 1 aliphatic heterocycles. The second kappa shape index (κ2) is 5.96. The van der Waals surface area contributed by atoms with Gasteiger partial charge >= 0.3 is 6.18 Å². The van der Waals surface area contributed by atoms with E-state index in [1.54, 1.807) is 31.2 Å². The van der Waals surface area contributed by atoms with Crippen LogP contribution in [0.1, 0.15) is 30.9 Å². The van der Waals surface area contributed by atoms with E-state index in [0.717, 1.165) is 5.56 Å². The Kier molecular flexibility index (Phi) is 4.52. The third kappa shape index (κ3) is 3.10. The third-order valence-corrected chi connectivity index (χ3v) is 4.35. The van der Waals surface area contributed by atoms with Crippen molar-refractivity contribution in [3.8, 4) is 0 Å². The van der Waals surface area contributed by atoms with Crippen molar-refractivity contribution in [1.82, 2.24) is 4.90 Å². The molecule has 0 spiro atoms. The van der Waals surface area contributed by atoms with Crippen LogP contribution in [0, 0.1) is 6.92 Å². The van der Waals surface area contributed by atoms with E-state index in [9.17, 15) is 22.8 Å². The van der Waals surface area contributed by atoms with Crippen molar-refractivity contribution >= 4 is 11.8 Å². The molecule has 1 aromatic rings. The predicted octanol–water partition coefficient (Wildman–Crippen LogP) is 2.32. The van der Waals surface area contributed by atoms with Crippen molar-refractivity contribution in [1.29, 1.82) is 0 Å². The average molecular weight is 329 g/mol. The van der Waals surface area contributed by atoms with Crippen molar-refractivity contribution in [2.45, 2.75) is 44.4 Å². The number of aliphatic hydroxyl groups is 1. The fourth-order valence-electron chi connectivity index (χ4n) is 2.84. The number of aliphatic hydroxyl groups excluding tert-OH is 1. The Labute approximate surface area is 131 Å². The van der Waals surface area contributed by atoms with Crippen molar-refractivity contribution in [2.75, 3.05) is 6.54 Å². The van der Waals surface area contributed by atoms with Gasteiger partial charge in [0.2, 0.25) is 11.8 Å². The summed E-state index contributed by atoms with van der Waals surface area (Å²) < 4.78 is 37.5. The molecular formula is C16H18F3NO3. The standard InChI is InChI=1S/C16H18F3NO3/c1-3-15(11-6-4-10(2)5-7-11)8-13(22)20(14(15)23)9-12(21)16(17,18)19/h4-7,12,21H,3,8-9H2,1-2H3/t12-,15-/m0/s1. The molecule has 1 saturated heterocycles. The van der Waals surface area contributed by atoms with Gasteiger partial charge in [-0.05, 0) is 18.9 Å². The zero-order valence-corrected chi connectivity index (χ0v) is 12.9. The van der Waals surface area contributed by atoms with E-state index in [0.29, 0.717) is 16.9 Å². The SMILES string of the molecule is CC[C@@]1(c2ccc(C)cc2)CC(=O)N(C[C@H](O)C(F)(F)F)C1=O. The molecule has 4 nitrogen and oxygen atoms in total. The molecule has 0 unspecified atom stereocenters. The van der Waals surface area contributed by atoms with Gasteiger partial charge in [-0.25, -0.2) is 0 Å². The molecule has 0 radical (unpaired) electrons. The van der Waals surface area contributed by atoms with Gasteiger partial charge < -0.3 is 5.11 Å². The molecule has 1 N–H and O–H groups in total. The smallest absolute Gasteiger partial charge is 0.382 e. The fraction of sp³-hybridized carbons (Fsp3) is 0.500. The lowest BCUT2D eigenvalue weighted by Gasteiger charge is -2.27. The first-order valence-corrected chi connectivity index (χ1v) is 7.28. The molecule has 0 aromatic heterocycles. The van der Waals surface area contributed by atoms with Crippen LogP contribution >= 0.6 is 0 Å². The lowest BCUT2D eigenvalue weighted by Crippen LogP contribution is -2.45. The summed E-state index contributed by atoms with van der Waals surface area (Å²) in [5, 5.41) is 9.16. The van der Waals surface area contributed by atoms with Crippen LogP contribution in [-0.4, -0.2) is 40.6 Å².